The molecule has 4 aromatic heterocycles. The summed E-state index contributed by atoms with van der Waals surface area (Å²) in [6, 6.07) is 5.40. The lowest BCUT2D eigenvalue weighted by Gasteiger charge is -2.03. The minimum Gasteiger partial charge on any atom is -0.461 e. The molecule has 4 rings (SSSR count). The van der Waals surface area contributed by atoms with Crippen LogP contribution in [-0.4, -0.2) is 24.7 Å². The highest BCUT2D eigenvalue weighted by Crippen LogP contribution is 2.21. The summed E-state index contributed by atoms with van der Waals surface area (Å²) in [4.78, 5) is 11.1. The first-order chi connectivity index (χ1) is 10.3. The molecule has 0 aliphatic rings. The smallest absolute Gasteiger partial charge is 0.202 e. The second-order valence-electron chi connectivity index (χ2n) is 4.48. The monoisotopic (exact) mass is 282 g/mol. The van der Waals surface area contributed by atoms with Crippen molar-refractivity contribution in [2.45, 2.75) is 6.54 Å². The Morgan fingerprint density at radius 1 is 1.29 bits per heavy atom. The zero-order valence-corrected chi connectivity index (χ0v) is 10.8. The zero-order valence-electron chi connectivity index (χ0n) is 10.8. The molecule has 0 spiro atoms. The van der Waals surface area contributed by atoms with Crippen LogP contribution >= 0.6 is 0 Å². The van der Waals surface area contributed by atoms with Crippen molar-refractivity contribution < 1.29 is 8.94 Å². The van der Waals surface area contributed by atoms with Gasteiger partial charge in [0.1, 0.15) is 11.2 Å². The zero-order chi connectivity index (χ0) is 14.2. The van der Waals surface area contributed by atoms with Crippen LogP contribution in [0.2, 0.25) is 0 Å². The number of H-pyrrole nitrogens is 1. The van der Waals surface area contributed by atoms with E-state index in [9.17, 15) is 0 Å². The number of fused-ring (bicyclic) bond motifs is 1. The maximum Gasteiger partial charge on any atom is 0.202 e. The highest BCUT2D eigenvalue weighted by Gasteiger charge is 2.11. The van der Waals surface area contributed by atoms with Crippen molar-refractivity contribution >= 4 is 11.2 Å². The third-order valence-corrected chi connectivity index (χ3v) is 3.11. The van der Waals surface area contributed by atoms with Gasteiger partial charge in [-0.15, -0.1) is 0 Å². The fourth-order valence-electron chi connectivity index (χ4n) is 2.14. The Bertz CT molecular complexity index is 947. The molecule has 0 saturated carbocycles. The van der Waals surface area contributed by atoms with E-state index in [1.165, 1.54) is 6.33 Å². The van der Waals surface area contributed by atoms with Crippen molar-refractivity contribution in [3.8, 4) is 11.5 Å². The summed E-state index contributed by atoms with van der Waals surface area (Å²) in [7, 11) is 0. The molecule has 4 aromatic rings. The number of imidazole rings is 1. The summed E-state index contributed by atoms with van der Waals surface area (Å²) in [5.74, 6) is 1.20. The van der Waals surface area contributed by atoms with Crippen molar-refractivity contribution in [1.82, 2.24) is 24.7 Å². The van der Waals surface area contributed by atoms with E-state index in [0.717, 1.165) is 5.69 Å². The molecule has 0 aliphatic heterocycles. The molecular formula is C13H10N6O2. The molecule has 0 bridgehead atoms. The molecule has 0 fully saturated rings. The topological polar surface area (TPSA) is 110 Å². The Balaban J connectivity index is 1.71. The molecule has 0 amide bonds. The quantitative estimate of drug-likeness (QED) is 0.592. The van der Waals surface area contributed by atoms with E-state index in [2.05, 4.69) is 20.1 Å². The Kier molecular flexibility index (Phi) is 2.46. The molecular weight excluding hydrogens is 272 g/mol. The molecule has 21 heavy (non-hydrogen) atoms. The Labute approximate surface area is 117 Å². The van der Waals surface area contributed by atoms with Gasteiger partial charge < -0.3 is 18.5 Å². The van der Waals surface area contributed by atoms with E-state index in [1.807, 2.05) is 0 Å². The molecule has 8 nitrogen and oxygen atoms in total. The van der Waals surface area contributed by atoms with Crippen molar-refractivity contribution in [1.29, 1.82) is 5.41 Å². The Morgan fingerprint density at radius 3 is 3.10 bits per heavy atom. The second kappa shape index (κ2) is 4.44. The third-order valence-electron chi connectivity index (χ3n) is 3.11. The van der Waals surface area contributed by atoms with Gasteiger partial charge in [0.25, 0.3) is 0 Å². The van der Waals surface area contributed by atoms with Crippen LogP contribution in [0.1, 0.15) is 5.69 Å². The average molecular weight is 282 g/mol. The third kappa shape index (κ3) is 1.93. The minimum absolute atomic E-state index is 0.162. The van der Waals surface area contributed by atoms with Gasteiger partial charge in [-0.05, 0) is 12.1 Å². The highest BCUT2D eigenvalue weighted by molar-refractivity contribution is 5.68. The number of furan rings is 1. The summed E-state index contributed by atoms with van der Waals surface area (Å²) >= 11 is 0. The van der Waals surface area contributed by atoms with Crippen LogP contribution in [0.4, 0.5) is 0 Å². The van der Waals surface area contributed by atoms with Crippen LogP contribution < -0.4 is 5.49 Å². The first kappa shape index (κ1) is 11.6. The molecule has 0 aromatic carbocycles. The SMILES string of the molecule is N=c1ncn(Cc2cc(-c3ccco3)on2)c2nc[nH]c12. The molecule has 8 heteroatoms. The fourth-order valence-corrected chi connectivity index (χ4v) is 2.14. The largest absolute Gasteiger partial charge is 0.461 e. The number of rotatable bonds is 3. The number of nitrogens with one attached hydrogen (secondary N) is 2. The summed E-state index contributed by atoms with van der Waals surface area (Å²) in [6.45, 7) is 0.443. The highest BCUT2D eigenvalue weighted by atomic mass is 16.5. The number of nitrogens with zero attached hydrogens (tertiary/aromatic N) is 4. The number of aromatic nitrogens is 5. The maximum atomic E-state index is 7.71. The van der Waals surface area contributed by atoms with E-state index in [1.54, 1.807) is 35.4 Å². The van der Waals surface area contributed by atoms with Crippen molar-refractivity contribution in [3.05, 3.63) is 48.3 Å². The lowest BCUT2D eigenvalue weighted by molar-refractivity contribution is 0.409. The van der Waals surface area contributed by atoms with Gasteiger partial charge in [-0.25, -0.2) is 9.97 Å². The van der Waals surface area contributed by atoms with Crippen LogP contribution in [-0.2, 0) is 6.54 Å². The van der Waals surface area contributed by atoms with E-state index < -0.39 is 0 Å². The first-order valence-corrected chi connectivity index (χ1v) is 6.24. The van der Waals surface area contributed by atoms with Crippen LogP contribution in [0.3, 0.4) is 0 Å². The summed E-state index contributed by atoms with van der Waals surface area (Å²) in [6.07, 6.45) is 4.68. The van der Waals surface area contributed by atoms with Crippen LogP contribution in [0.25, 0.3) is 22.7 Å². The lowest BCUT2D eigenvalue weighted by Crippen LogP contribution is -2.13. The Morgan fingerprint density at radius 2 is 2.24 bits per heavy atom. The van der Waals surface area contributed by atoms with Gasteiger partial charge in [0.15, 0.2) is 16.9 Å². The molecule has 0 aliphatic carbocycles. The molecule has 4 heterocycles. The van der Waals surface area contributed by atoms with Gasteiger partial charge in [0, 0.05) is 6.07 Å². The molecule has 0 unspecified atom stereocenters. The molecule has 0 saturated heterocycles. The summed E-state index contributed by atoms with van der Waals surface area (Å²) in [5.41, 5.74) is 2.12. The van der Waals surface area contributed by atoms with E-state index >= 15 is 0 Å². The van der Waals surface area contributed by atoms with Crippen molar-refractivity contribution in [2.75, 3.05) is 0 Å². The number of aromatic amines is 1. The molecule has 0 atom stereocenters. The van der Waals surface area contributed by atoms with Gasteiger partial charge in [0.2, 0.25) is 5.76 Å². The van der Waals surface area contributed by atoms with Crippen molar-refractivity contribution in [3.63, 3.8) is 0 Å². The number of hydrogen-bond acceptors (Lipinski definition) is 6. The van der Waals surface area contributed by atoms with Crippen molar-refractivity contribution in [2.24, 2.45) is 0 Å². The van der Waals surface area contributed by atoms with Gasteiger partial charge in [0.05, 0.1) is 25.5 Å². The van der Waals surface area contributed by atoms with Gasteiger partial charge >= 0.3 is 0 Å². The van der Waals surface area contributed by atoms with E-state index in [4.69, 9.17) is 14.3 Å². The molecule has 104 valence electrons. The standard InChI is InChI=1S/C13H10N6O2/c14-12-11-13(16-6-15-11)19(7-17-12)5-8-4-10(21-18-8)9-2-1-3-20-9/h1-4,6-7,14H,5H2,(H,15,16). The fraction of sp³-hybridized carbons (Fsp3) is 0.0769. The van der Waals surface area contributed by atoms with E-state index in [-0.39, 0.29) is 5.49 Å². The van der Waals surface area contributed by atoms with Crippen LogP contribution in [0, 0.1) is 5.41 Å². The van der Waals surface area contributed by atoms with E-state index in [0.29, 0.717) is 29.2 Å². The molecule has 0 radical (unpaired) electrons. The predicted octanol–water partition coefficient (Wildman–Crippen LogP) is 1.54. The maximum absolute atomic E-state index is 7.71. The first-order valence-electron chi connectivity index (χ1n) is 6.24. The summed E-state index contributed by atoms with van der Waals surface area (Å²) < 4.78 is 12.3. The Hall–Kier alpha value is -3.16. The summed E-state index contributed by atoms with van der Waals surface area (Å²) in [5, 5.41) is 11.7. The van der Waals surface area contributed by atoms with Gasteiger partial charge in [-0.1, -0.05) is 5.16 Å². The van der Waals surface area contributed by atoms with Crippen LogP contribution in [0.15, 0.2) is 46.1 Å². The van der Waals surface area contributed by atoms with Gasteiger partial charge in [-0.3, -0.25) is 5.41 Å². The normalized spacial score (nSPS) is 11.2. The van der Waals surface area contributed by atoms with Gasteiger partial charge in [-0.2, -0.15) is 0 Å². The number of hydrogen-bond donors (Lipinski definition) is 2. The molecule has 2 N–H and O–H groups in total. The van der Waals surface area contributed by atoms with Crippen LogP contribution in [0.5, 0.6) is 0 Å². The minimum atomic E-state index is 0.162. The lowest BCUT2D eigenvalue weighted by atomic mass is 10.3. The average Bonchev–Trinajstić information content (AvgIpc) is 3.22. The second-order valence-corrected chi connectivity index (χ2v) is 4.48. The predicted molar refractivity (Wildman–Crippen MR) is 71.0 cm³/mol.